The van der Waals surface area contributed by atoms with Gasteiger partial charge in [-0.1, -0.05) is 0 Å². The van der Waals surface area contributed by atoms with E-state index >= 15 is 0 Å². The molecule has 3 heterocycles. The zero-order valence-electron chi connectivity index (χ0n) is 16.1. The van der Waals surface area contributed by atoms with E-state index in [1.54, 1.807) is 0 Å². The van der Waals surface area contributed by atoms with Crippen molar-refractivity contribution in [2.24, 2.45) is 11.8 Å². The molecule has 0 aliphatic carbocycles. The van der Waals surface area contributed by atoms with Gasteiger partial charge in [-0.15, -0.1) is 0 Å². The third-order valence-corrected chi connectivity index (χ3v) is 6.19. The number of fused-ring (bicyclic) bond motifs is 3. The zero-order chi connectivity index (χ0) is 19.0. The second kappa shape index (κ2) is 7.41. The van der Waals surface area contributed by atoms with Gasteiger partial charge in [0.05, 0.1) is 24.9 Å². The number of rotatable bonds is 3. The largest absolute Gasteiger partial charge is 0.491 e. The first-order valence-corrected chi connectivity index (χ1v) is 9.94. The number of nitrogens with zero attached hydrogens (tertiary/aromatic N) is 1. The van der Waals surface area contributed by atoms with Gasteiger partial charge in [-0.25, -0.2) is 0 Å². The molecule has 0 saturated carbocycles. The summed E-state index contributed by atoms with van der Waals surface area (Å²) in [4.78, 5) is 15.2. The Labute approximate surface area is 160 Å². The molecule has 3 aliphatic rings. The van der Waals surface area contributed by atoms with Crippen molar-refractivity contribution in [1.29, 1.82) is 0 Å². The van der Waals surface area contributed by atoms with Crippen LogP contribution >= 0.6 is 0 Å². The van der Waals surface area contributed by atoms with Gasteiger partial charge in [0.25, 0.3) is 5.91 Å². The van der Waals surface area contributed by atoms with Crippen LogP contribution in [0.1, 0.15) is 37.0 Å². The number of carbonyl (C=O) groups excluding carboxylic acids is 1. The molecule has 0 bridgehead atoms. The highest BCUT2D eigenvalue weighted by Gasteiger charge is 2.56. The van der Waals surface area contributed by atoms with E-state index in [9.17, 15) is 9.90 Å². The first-order valence-electron chi connectivity index (χ1n) is 9.94. The number of aliphatic hydroxyl groups is 1. The average Bonchev–Trinajstić information content (AvgIpc) is 2.67. The number of likely N-dealkylation sites (tertiary alicyclic amines) is 1. The summed E-state index contributed by atoms with van der Waals surface area (Å²) >= 11 is 0. The Morgan fingerprint density at radius 2 is 1.96 bits per heavy atom. The molecule has 148 valence electrons. The highest BCUT2D eigenvalue weighted by molar-refractivity contribution is 5.94. The van der Waals surface area contributed by atoms with Crippen LogP contribution in [-0.4, -0.2) is 66.6 Å². The number of amides is 1. The number of carbonyl (C=O) groups is 1. The number of benzene rings is 1. The third kappa shape index (κ3) is 3.46. The van der Waals surface area contributed by atoms with Crippen LogP contribution in [0.4, 0.5) is 0 Å². The van der Waals surface area contributed by atoms with Gasteiger partial charge in [0, 0.05) is 49.6 Å². The fourth-order valence-corrected chi connectivity index (χ4v) is 4.81. The van der Waals surface area contributed by atoms with Crippen LogP contribution in [0.25, 0.3) is 0 Å². The van der Waals surface area contributed by atoms with E-state index in [-0.39, 0.29) is 29.9 Å². The van der Waals surface area contributed by atoms with E-state index in [0.717, 1.165) is 12.2 Å². The normalized spacial score (nSPS) is 33.3. The highest BCUT2D eigenvalue weighted by Crippen LogP contribution is 2.44. The maximum Gasteiger partial charge on any atom is 0.254 e. The Kier molecular flexibility index (Phi) is 5.14. The van der Waals surface area contributed by atoms with Gasteiger partial charge in [0.1, 0.15) is 5.75 Å². The molecular weight excluding hydrogens is 346 g/mol. The van der Waals surface area contributed by atoms with Gasteiger partial charge >= 0.3 is 0 Å². The maximum absolute atomic E-state index is 13.3. The highest BCUT2D eigenvalue weighted by atomic mass is 16.5. The minimum atomic E-state index is -0.797. The monoisotopic (exact) mass is 375 g/mol. The molecule has 4 atom stereocenters. The zero-order valence-corrected chi connectivity index (χ0v) is 16.1. The van der Waals surface area contributed by atoms with Crippen LogP contribution in [0.15, 0.2) is 24.3 Å². The van der Waals surface area contributed by atoms with Gasteiger partial charge in [-0.3, -0.25) is 4.79 Å². The molecule has 4 rings (SSSR count). The Hall–Kier alpha value is -1.63. The molecule has 3 saturated heterocycles. The minimum Gasteiger partial charge on any atom is -0.491 e. The van der Waals surface area contributed by atoms with Crippen molar-refractivity contribution in [3.05, 3.63) is 29.8 Å². The summed E-state index contributed by atoms with van der Waals surface area (Å²) in [5.41, 5.74) is -0.145. The number of hydrogen-bond acceptors (Lipinski definition) is 5. The fraction of sp³-hybridized carbons (Fsp3) is 0.667. The van der Waals surface area contributed by atoms with E-state index < -0.39 is 5.60 Å². The first kappa shape index (κ1) is 18.7. The predicted octanol–water partition coefficient (Wildman–Crippen LogP) is 2.10. The van der Waals surface area contributed by atoms with Crippen LogP contribution in [0.5, 0.6) is 5.75 Å². The maximum atomic E-state index is 13.3. The van der Waals surface area contributed by atoms with E-state index in [0.29, 0.717) is 45.0 Å². The summed E-state index contributed by atoms with van der Waals surface area (Å²) in [6, 6.07) is 7.36. The molecule has 0 spiro atoms. The molecule has 3 aliphatic heterocycles. The van der Waals surface area contributed by atoms with E-state index in [1.807, 2.05) is 43.0 Å². The lowest BCUT2D eigenvalue weighted by atomic mass is 9.66. The Balaban J connectivity index is 1.57. The molecule has 1 amide bonds. The van der Waals surface area contributed by atoms with Crippen LogP contribution in [0.3, 0.4) is 0 Å². The average molecular weight is 375 g/mol. The second-order valence-electron chi connectivity index (χ2n) is 8.20. The van der Waals surface area contributed by atoms with Crippen molar-refractivity contribution in [3.8, 4) is 5.75 Å². The first-order chi connectivity index (χ1) is 13.0. The molecule has 6 heteroatoms. The Morgan fingerprint density at radius 1 is 1.22 bits per heavy atom. The lowest BCUT2D eigenvalue weighted by Gasteiger charge is -2.57. The van der Waals surface area contributed by atoms with Crippen molar-refractivity contribution in [1.82, 2.24) is 4.90 Å². The van der Waals surface area contributed by atoms with E-state index in [1.165, 1.54) is 0 Å². The molecule has 0 unspecified atom stereocenters. The van der Waals surface area contributed by atoms with Gasteiger partial charge in [-0.2, -0.15) is 0 Å². The smallest absolute Gasteiger partial charge is 0.254 e. The molecule has 1 aromatic carbocycles. The standard InChI is InChI=1S/C21H29NO5/c1-14(2)27-17-5-3-15(4-6-17)20(23)22-11-16-12-26-10-8-21(16,24)18-13-25-9-7-19(18)22/h3-6,14,16,18-19,24H,7-13H2,1-2H3/t16-,18+,19-,21-/m0/s1. The van der Waals surface area contributed by atoms with Crippen LogP contribution in [-0.2, 0) is 9.47 Å². The van der Waals surface area contributed by atoms with Crippen LogP contribution < -0.4 is 4.74 Å². The number of hydrogen-bond donors (Lipinski definition) is 1. The fourth-order valence-electron chi connectivity index (χ4n) is 4.81. The number of piperidine rings is 1. The van der Waals surface area contributed by atoms with Crippen molar-refractivity contribution in [3.63, 3.8) is 0 Å². The minimum absolute atomic E-state index is 0.00983. The topological polar surface area (TPSA) is 68.2 Å². The van der Waals surface area contributed by atoms with Gasteiger partial charge in [-0.05, 0) is 44.5 Å². The molecule has 3 fully saturated rings. The van der Waals surface area contributed by atoms with Crippen LogP contribution in [0, 0.1) is 11.8 Å². The molecule has 1 aromatic rings. The lowest BCUT2D eigenvalue weighted by Crippen LogP contribution is -2.68. The molecule has 0 aromatic heterocycles. The second-order valence-corrected chi connectivity index (χ2v) is 8.20. The molecule has 1 N–H and O–H groups in total. The quantitative estimate of drug-likeness (QED) is 0.876. The van der Waals surface area contributed by atoms with Crippen molar-refractivity contribution in [2.45, 2.75) is 44.4 Å². The molecule has 0 radical (unpaired) electrons. The summed E-state index contributed by atoms with van der Waals surface area (Å²) in [5.74, 6) is 0.651. The van der Waals surface area contributed by atoms with E-state index in [4.69, 9.17) is 14.2 Å². The summed E-state index contributed by atoms with van der Waals surface area (Å²) in [7, 11) is 0. The van der Waals surface area contributed by atoms with Crippen molar-refractivity contribution < 1.29 is 24.1 Å². The molecule has 27 heavy (non-hydrogen) atoms. The SMILES string of the molecule is CC(C)Oc1ccc(C(=O)N2C[C@H]3COCC[C@@]3(O)[C@@H]3COCC[C@@H]32)cc1. The molecule has 6 nitrogen and oxygen atoms in total. The predicted molar refractivity (Wildman–Crippen MR) is 99.8 cm³/mol. The summed E-state index contributed by atoms with van der Waals surface area (Å²) < 4.78 is 17.0. The van der Waals surface area contributed by atoms with Gasteiger partial charge in [0.2, 0.25) is 0 Å². The summed E-state index contributed by atoms with van der Waals surface area (Å²) in [6.45, 7) is 6.68. The Bertz CT molecular complexity index is 676. The molecular formula is C21H29NO5. The summed E-state index contributed by atoms with van der Waals surface area (Å²) in [6.07, 6.45) is 1.48. The van der Waals surface area contributed by atoms with Crippen molar-refractivity contribution >= 4 is 5.91 Å². The van der Waals surface area contributed by atoms with Gasteiger partial charge < -0.3 is 24.2 Å². The van der Waals surface area contributed by atoms with Crippen LogP contribution in [0.2, 0.25) is 0 Å². The lowest BCUT2D eigenvalue weighted by molar-refractivity contribution is -0.212. The van der Waals surface area contributed by atoms with Gasteiger partial charge in [0.15, 0.2) is 0 Å². The van der Waals surface area contributed by atoms with E-state index in [2.05, 4.69) is 0 Å². The summed E-state index contributed by atoms with van der Waals surface area (Å²) in [5, 5.41) is 11.4. The third-order valence-electron chi connectivity index (χ3n) is 6.19. The number of ether oxygens (including phenoxy) is 3. The van der Waals surface area contributed by atoms with Crippen molar-refractivity contribution in [2.75, 3.05) is 33.0 Å². The Morgan fingerprint density at radius 3 is 2.70 bits per heavy atom.